The first-order chi connectivity index (χ1) is 17.5. The maximum absolute atomic E-state index is 13.0. The highest BCUT2D eigenvalue weighted by atomic mass is 16.5. The molecule has 1 atom stereocenters. The maximum atomic E-state index is 13.0. The molecule has 2 aromatic carbocycles. The smallest absolute Gasteiger partial charge is 0.255 e. The Labute approximate surface area is 209 Å². The summed E-state index contributed by atoms with van der Waals surface area (Å²) in [7, 11) is 0. The van der Waals surface area contributed by atoms with Crippen molar-refractivity contribution in [3.05, 3.63) is 64.9 Å². The third-order valence-electron chi connectivity index (χ3n) is 7.41. The number of piperidine rings is 1. The number of carbonyl (C=O) groups is 3. The topological polar surface area (TPSA) is 98.1 Å². The zero-order valence-corrected chi connectivity index (χ0v) is 20.0. The number of hydrogen-bond donors (Lipinski definition) is 1. The molecular formula is C27H27BN2O6. The van der Waals surface area contributed by atoms with Crippen LogP contribution in [0.15, 0.2) is 46.9 Å². The van der Waals surface area contributed by atoms with Crippen molar-refractivity contribution >= 4 is 35.4 Å². The van der Waals surface area contributed by atoms with Crippen LogP contribution in [0.4, 0.5) is 0 Å². The van der Waals surface area contributed by atoms with E-state index < -0.39 is 11.9 Å². The van der Waals surface area contributed by atoms with Crippen LogP contribution < -0.4 is 10.1 Å². The van der Waals surface area contributed by atoms with Crippen molar-refractivity contribution in [3.8, 4) is 5.75 Å². The average Bonchev–Trinajstić information content (AvgIpc) is 3.44. The molecule has 2 saturated heterocycles. The van der Waals surface area contributed by atoms with Crippen LogP contribution in [0.3, 0.4) is 0 Å². The molecule has 8 nitrogen and oxygen atoms in total. The molecular weight excluding hydrogens is 459 g/mol. The summed E-state index contributed by atoms with van der Waals surface area (Å²) in [6, 6.07) is 13.0. The molecule has 36 heavy (non-hydrogen) atoms. The molecule has 0 radical (unpaired) electrons. The van der Waals surface area contributed by atoms with Crippen LogP contribution in [0.1, 0.15) is 40.1 Å². The van der Waals surface area contributed by atoms with E-state index in [9.17, 15) is 14.4 Å². The summed E-state index contributed by atoms with van der Waals surface area (Å²) in [4.78, 5) is 38.4. The van der Waals surface area contributed by atoms with E-state index in [1.807, 2.05) is 18.2 Å². The van der Waals surface area contributed by atoms with Crippen LogP contribution in [0.2, 0.25) is 12.6 Å². The van der Waals surface area contributed by atoms with Gasteiger partial charge in [0.25, 0.3) is 5.91 Å². The van der Waals surface area contributed by atoms with Crippen molar-refractivity contribution in [3.63, 3.8) is 0 Å². The molecule has 0 aliphatic carbocycles. The van der Waals surface area contributed by atoms with Gasteiger partial charge in [0.1, 0.15) is 36.5 Å². The van der Waals surface area contributed by atoms with Gasteiger partial charge in [-0.05, 0) is 43.1 Å². The number of amides is 3. The Balaban J connectivity index is 1.15. The minimum atomic E-state index is -0.652. The number of nitrogens with one attached hydrogen (secondary N) is 1. The van der Waals surface area contributed by atoms with Gasteiger partial charge in [0.05, 0.1) is 6.54 Å². The number of furan rings is 1. The van der Waals surface area contributed by atoms with Crippen molar-refractivity contribution in [1.82, 2.24) is 10.2 Å². The highest BCUT2D eigenvalue weighted by molar-refractivity contribution is 6.58. The average molecular weight is 486 g/mol. The molecule has 184 valence electrons. The number of fused-ring (bicyclic) bond motifs is 2. The highest BCUT2D eigenvalue weighted by Crippen LogP contribution is 2.34. The molecule has 2 fully saturated rings. The van der Waals surface area contributed by atoms with Crippen molar-refractivity contribution < 1.29 is 28.3 Å². The SMILES string of the molecule is O=C1CCC(N2Cc3c(OCc4cc5cc(CB6CCOCC6)ccc5o4)cccc3C2=O)C(=O)N1. The molecule has 9 heteroatoms. The second-order valence-corrected chi connectivity index (χ2v) is 9.82. The van der Waals surface area contributed by atoms with E-state index in [0.717, 1.165) is 48.7 Å². The van der Waals surface area contributed by atoms with Crippen LogP contribution in [-0.4, -0.2) is 48.6 Å². The molecule has 3 aliphatic heterocycles. The number of rotatable bonds is 6. The third kappa shape index (κ3) is 4.39. The molecule has 6 rings (SSSR count). The zero-order valence-electron chi connectivity index (χ0n) is 20.0. The van der Waals surface area contributed by atoms with Crippen LogP contribution in [0.5, 0.6) is 5.75 Å². The Morgan fingerprint density at radius 1 is 1.08 bits per heavy atom. The second kappa shape index (κ2) is 9.46. The summed E-state index contributed by atoms with van der Waals surface area (Å²) in [5.41, 5.74) is 3.40. The quantitative estimate of drug-likeness (QED) is 0.424. The van der Waals surface area contributed by atoms with E-state index in [4.69, 9.17) is 13.9 Å². The lowest BCUT2D eigenvalue weighted by molar-refractivity contribution is -0.136. The number of ether oxygens (including phenoxy) is 2. The van der Waals surface area contributed by atoms with Crippen molar-refractivity contribution in [1.29, 1.82) is 0 Å². The summed E-state index contributed by atoms with van der Waals surface area (Å²) in [6.45, 7) is 2.85. The van der Waals surface area contributed by atoms with Gasteiger partial charge in [-0.2, -0.15) is 0 Å². The fraction of sp³-hybridized carbons (Fsp3) is 0.370. The Morgan fingerprint density at radius 2 is 1.94 bits per heavy atom. The van der Waals surface area contributed by atoms with Gasteiger partial charge in [0.15, 0.2) is 0 Å². The van der Waals surface area contributed by atoms with Crippen LogP contribution in [-0.2, 0) is 33.8 Å². The zero-order chi connectivity index (χ0) is 24.6. The Hall–Kier alpha value is -3.59. The molecule has 3 aliphatic rings. The minimum Gasteiger partial charge on any atom is -0.485 e. The van der Waals surface area contributed by atoms with E-state index >= 15 is 0 Å². The maximum Gasteiger partial charge on any atom is 0.255 e. The van der Waals surface area contributed by atoms with E-state index in [-0.39, 0.29) is 31.4 Å². The number of imide groups is 1. The first-order valence-corrected chi connectivity index (χ1v) is 12.5. The first kappa shape index (κ1) is 22.9. The number of hydrogen-bond acceptors (Lipinski definition) is 6. The summed E-state index contributed by atoms with van der Waals surface area (Å²) >= 11 is 0. The van der Waals surface area contributed by atoms with Crippen molar-refractivity contribution in [2.24, 2.45) is 0 Å². The molecule has 3 aromatic rings. The monoisotopic (exact) mass is 486 g/mol. The summed E-state index contributed by atoms with van der Waals surface area (Å²) in [6.07, 6.45) is 3.81. The van der Waals surface area contributed by atoms with E-state index in [1.165, 1.54) is 10.5 Å². The van der Waals surface area contributed by atoms with E-state index in [0.29, 0.717) is 30.2 Å². The first-order valence-electron chi connectivity index (χ1n) is 12.5. The molecule has 0 saturated carbocycles. The summed E-state index contributed by atoms with van der Waals surface area (Å²) in [5.74, 6) is 0.360. The number of carbonyl (C=O) groups excluding carboxylic acids is 3. The van der Waals surface area contributed by atoms with Gasteiger partial charge < -0.3 is 18.8 Å². The Morgan fingerprint density at radius 3 is 2.78 bits per heavy atom. The van der Waals surface area contributed by atoms with Gasteiger partial charge in [-0.15, -0.1) is 0 Å². The van der Waals surface area contributed by atoms with E-state index in [2.05, 4.69) is 17.4 Å². The summed E-state index contributed by atoms with van der Waals surface area (Å²) < 4.78 is 17.6. The minimum absolute atomic E-state index is 0.217. The Kier molecular flexibility index (Phi) is 6.01. The molecule has 0 spiro atoms. The molecule has 1 unspecified atom stereocenters. The van der Waals surface area contributed by atoms with Gasteiger partial charge in [-0.25, -0.2) is 0 Å². The molecule has 4 heterocycles. The fourth-order valence-corrected chi connectivity index (χ4v) is 5.47. The largest absolute Gasteiger partial charge is 0.485 e. The van der Waals surface area contributed by atoms with Gasteiger partial charge in [0.2, 0.25) is 11.8 Å². The lowest BCUT2D eigenvalue weighted by Gasteiger charge is -2.29. The number of nitrogens with zero attached hydrogens (tertiary/aromatic N) is 1. The predicted octanol–water partition coefficient (Wildman–Crippen LogP) is 3.38. The second-order valence-electron chi connectivity index (χ2n) is 9.82. The molecule has 1 N–H and O–H groups in total. The lowest BCUT2D eigenvalue weighted by atomic mass is 9.41. The molecule has 3 amide bonds. The van der Waals surface area contributed by atoms with Crippen LogP contribution in [0.25, 0.3) is 11.0 Å². The predicted molar refractivity (Wildman–Crippen MR) is 133 cm³/mol. The number of benzene rings is 2. The van der Waals surface area contributed by atoms with Crippen LogP contribution in [0, 0.1) is 0 Å². The fourth-order valence-electron chi connectivity index (χ4n) is 5.47. The Bertz CT molecular complexity index is 1350. The third-order valence-corrected chi connectivity index (χ3v) is 7.41. The van der Waals surface area contributed by atoms with Gasteiger partial charge in [-0.1, -0.05) is 30.3 Å². The standard InChI is InChI=1S/C27H27BN2O6/c31-25-7-5-22(26(32)29-25)30-15-21-20(27(30)33)2-1-3-24(21)35-16-19-13-18-12-17(4-6-23(18)36-19)14-28-8-10-34-11-9-28/h1-4,6,12-13,22H,5,7-11,14-16H2,(H,29,31,32). The van der Waals surface area contributed by atoms with Gasteiger partial charge in [0, 0.05) is 36.1 Å². The lowest BCUT2D eigenvalue weighted by Crippen LogP contribution is -2.52. The normalized spacial score (nSPS) is 20.1. The van der Waals surface area contributed by atoms with Crippen LogP contribution >= 0.6 is 0 Å². The van der Waals surface area contributed by atoms with E-state index in [1.54, 1.807) is 12.1 Å². The molecule has 0 bridgehead atoms. The van der Waals surface area contributed by atoms with Crippen molar-refractivity contribution in [2.45, 2.75) is 51.0 Å². The van der Waals surface area contributed by atoms with Gasteiger partial charge in [-0.3, -0.25) is 19.7 Å². The molecule has 1 aromatic heterocycles. The van der Waals surface area contributed by atoms with Crippen molar-refractivity contribution in [2.75, 3.05) is 13.2 Å². The summed E-state index contributed by atoms with van der Waals surface area (Å²) in [5, 5.41) is 3.38. The van der Waals surface area contributed by atoms with Gasteiger partial charge >= 0.3 is 0 Å². The highest BCUT2D eigenvalue weighted by Gasteiger charge is 2.40.